The predicted molar refractivity (Wildman–Crippen MR) is 84.6 cm³/mol. The van der Waals surface area contributed by atoms with E-state index in [1.54, 1.807) is 6.20 Å². The zero-order valence-electron chi connectivity index (χ0n) is 12.5. The molecule has 1 saturated carbocycles. The molecule has 112 valence electrons. The second kappa shape index (κ2) is 5.77. The van der Waals surface area contributed by atoms with Crippen LogP contribution in [-0.2, 0) is 13.6 Å². The minimum atomic E-state index is 0.644. The first-order valence-electron chi connectivity index (χ1n) is 7.10. The van der Waals surface area contributed by atoms with Gasteiger partial charge in [-0.25, -0.2) is 4.98 Å². The van der Waals surface area contributed by atoms with Crippen LogP contribution in [0.2, 0.25) is 0 Å². The minimum absolute atomic E-state index is 0.644. The maximum atomic E-state index is 6.04. The highest BCUT2D eigenvalue weighted by atomic mass is 79.9. The molecule has 6 heteroatoms. The summed E-state index contributed by atoms with van der Waals surface area (Å²) in [5.74, 6) is 1.44. The summed E-state index contributed by atoms with van der Waals surface area (Å²) in [5.41, 5.74) is 2.93. The number of rotatable bonds is 5. The van der Waals surface area contributed by atoms with Crippen molar-refractivity contribution in [2.75, 3.05) is 0 Å². The maximum absolute atomic E-state index is 6.04. The summed E-state index contributed by atoms with van der Waals surface area (Å²) in [4.78, 5) is 4.42. The van der Waals surface area contributed by atoms with Crippen molar-refractivity contribution in [2.45, 2.75) is 39.3 Å². The minimum Gasteiger partial charge on any atom is -0.435 e. The molecule has 3 rings (SSSR count). The van der Waals surface area contributed by atoms with E-state index >= 15 is 0 Å². The average Bonchev–Trinajstić information content (AvgIpc) is 3.23. The van der Waals surface area contributed by atoms with Crippen molar-refractivity contribution < 1.29 is 4.74 Å². The Balaban J connectivity index is 1.86. The number of hydrogen-bond acceptors (Lipinski definition) is 4. The molecular formula is C15H19BrN4O. The van der Waals surface area contributed by atoms with Crippen molar-refractivity contribution >= 4 is 15.9 Å². The Bertz CT molecular complexity index is 664. The zero-order chi connectivity index (χ0) is 15.0. The molecule has 2 heterocycles. The monoisotopic (exact) mass is 350 g/mol. The first kappa shape index (κ1) is 14.5. The Morgan fingerprint density at radius 1 is 1.43 bits per heavy atom. The molecule has 0 radical (unpaired) electrons. The summed E-state index contributed by atoms with van der Waals surface area (Å²) in [6.45, 7) is 4.71. The van der Waals surface area contributed by atoms with Crippen LogP contribution in [0.25, 0.3) is 0 Å². The van der Waals surface area contributed by atoms with Crippen LogP contribution in [-0.4, -0.2) is 20.8 Å². The Morgan fingerprint density at radius 3 is 2.81 bits per heavy atom. The summed E-state index contributed by atoms with van der Waals surface area (Å²) in [5, 5.41) is 7.88. The first-order chi connectivity index (χ1) is 10.0. The molecule has 0 amide bonds. The Hall–Kier alpha value is -1.40. The number of halogens is 1. The fourth-order valence-corrected chi connectivity index (χ4v) is 2.61. The van der Waals surface area contributed by atoms with Gasteiger partial charge in [0.2, 0.25) is 5.88 Å². The van der Waals surface area contributed by atoms with Crippen LogP contribution in [0.3, 0.4) is 0 Å². The van der Waals surface area contributed by atoms with Crippen LogP contribution in [0.1, 0.15) is 29.8 Å². The van der Waals surface area contributed by atoms with Gasteiger partial charge in [-0.2, -0.15) is 5.10 Å². The Morgan fingerprint density at radius 2 is 2.19 bits per heavy atom. The van der Waals surface area contributed by atoms with E-state index in [9.17, 15) is 0 Å². The molecule has 21 heavy (non-hydrogen) atoms. The molecule has 0 aromatic carbocycles. The van der Waals surface area contributed by atoms with E-state index < -0.39 is 0 Å². The smallest absolute Gasteiger partial charge is 0.223 e. The number of pyridine rings is 1. The number of hydrogen-bond donors (Lipinski definition) is 1. The zero-order valence-corrected chi connectivity index (χ0v) is 14.1. The molecule has 0 bridgehead atoms. The SMILES string of the molecule is Cc1nn(C)c(C)c1Oc1ncc(Br)cc1CNC1CC1. The quantitative estimate of drug-likeness (QED) is 0.899. The molecule has 5 nitrogen and oxygen atoms in total. The highest BCUT2D eigenvalue weighted by Gasteiger charge is 2.21. The summed E-state index contributed by atoms with van der Waals surface area (Å²) < 4.78 is 8.83. The van der Waals surface area contributed by atoms with Crippen molar-refractivity contribution in [1.82, 2.24) is 20.1 Å². The summed E-state index contributed by atoms with van der Waals surface area (Å²) in [6.07, 6.45) is 4.29. The molecule has 0 unspecified atom stereocenters. The van der Waals surface area contributed by atoms with Gasteiger partial charge < -0.3 is 10.1 Å². The lowest BCUT2D eigenvalue weighted by atomic mass is 10.2. The van der Waals surface area contributed by atoms with Crippen LogP contribution in [0.5, 0.6) is 11.6 Å². The average molecular weight is 351 g/mol. The maximum Gasteiger partial charge on any atom is 0.223 e. The topological polar surface area (TPSA) is 52.0 Å². The van der Waals surface area contributed by atoms with Gasteiger partial charge in [-0.15, -0.1) is 0 Å². The largest absolute Gasteiger partial charge is 0.435 e. The van der Waals surface area contributed by atoms with E-state index in [1.807, 2.05) is 25.6 Å². The molecule has 0 saturated heterocycles. The Kier molecular flexibility index (Phi) is 3.99. The molecule has 1 fully saturated rings. The highest BCUT2D eigenvalue weighted by Crippen LogP contribution is 2.30. The third-order valence-electron chi connectivity index (χ3n) is 3.69. The fraction of sp³-hybridized carbons (Fsp3) is 0.467. The number of nitrogens with zero attached hydrogens (tertiary/aromatic N) is 3. The van der Waals surface area contributed by atoms with Crippen LogP contribution >= 0.6 is 15.9 Å². The van der Waals surface area contributed by atoms with Gasteiger partial charge >= 0.3 is 0 Å². The van der Waals surface area contributed by atoms with E-state index in [4.69, 9.17) is 4.74 Å². The van der Waals surface area contributed by atoms with Crippen molar-refractivity contribution in [3.05, 3.63) is 33.7 Å². The first-order valence-corrected chi connectivity index (χ1v) is 7.89. The number of aryl methyl sites for hydroxylation is 2. The van der Waals surface area contributed by atoms with Crippen LogP contribution in [0.15, 0.2) is 16.7 Å². The van der Waals surface area contributed by atoms with E-state index in [-0.39, 0.29) is 0 Å². The standard InChI is InChI=1S/C15H19BrN4O/c1-9-14(10(2)20(3)19-9)21-15-11(6-12(16)8-18-15)7-17-13-4-5-13/h6,8,13,17H,4-5,7H2,1-3H3. The van der Waals surface area contributed by atoms with Crippen LogP contribution < -0.4 is 10.1 Å². The van der Waals surface area contributed by atoms with Gasteiger partial charge in [-0.3, -0.25) is 4.68 Å². The predicted octanol–water partition coefficient (Wildman–Crippen LogP) is 3.24. The molecule has 2 aromatic heterocycles. The van der Waals surface area contributed by atoms with E-state index in [0.29, 0.717) is 11.9 Å². The lowest BCUT2D eigenvalue weighted by Crippen LogP contribution is -2.16. The fourth-order valence-electron chi connectivity index (χ4n) is 2.23. The van der Waals surface area contributed by atoms with E-state index in [0.717, 1.165) is 33.7 Å². The second-order valence-electron chi connectivity index (χ2n) is 5.50. The normalized spacial score (nSPS) is 14.5. The van der Waals surface area contributed by atoms with Gasteiger partial charge in [-0.1, -0.05) is 0 Å². The van der Waals surface area contributed by atoms with Crippen LogP contribution in [0.4, 0.5) is 0 Å². The number of ether oxygens (including phenoxy) is 1. The molecule has 0 aliphatic heterocycles. The van der Waals surface area contributed by atoms with Gasteiger partial charge in [0.15, 0.2) is 5.75 Å². The lowest BCUT2D eigenvalue weighted by molar-refractivity contribution is 0.445. The van der Waals surface area contributed by atoms with Crippen molar-refractivity contribution in [3.63, 3.8) is 0 Å². The van der Waals surface area contributed by atoms with E-state index in [1.165, 1.54) is 12.8 Å². The van der Waals surface area contributed by atoms with Gasteiger partial charge in [0.1, 0.15) is 5.69 Å². The lowest BCUT2D eigenvalue weighted by Gasteiger charge is -2.11. The molecule has 1 N–H and O–H groups in total. The summed E-state index contributed by atoms with van der Waals surface area (Å²) in [6, 6.07) is 2.71. The van der Waals surface area contributed by atoms with Gasteiger partial charge in [0, 0.05) is 35.9 Å². The van der Waals surface area contributed by atoms with E-state index in [2.05, 4.69) is 37.4 Å². The molecular weight excluding hydrogens is 332 g/mol. The third kappa shape index (κ3) is 3.27. The number of nitrogens with one attached hydrogen (secondary N) is 1. The summed E-state index contributed by atoms with van der Waals surface area (Å²) >= 11 is 3.48. The van der Waals surface area contributed by atoms with Gasteiger partial charge in [0.25, 0.3) is 0 Å². The molecule has 0 atom stereocenters. The molecule has 1 aliphatic carbocycles. The third-order valence-corrected chi connectivity index (χ3v) is 4.13. The van der Waals surface area contributed by atoms with Crippen molar-refractivity contribution in [3.8, 4) is 11.6 Å². The Labute approximate surface area is 132 Å². The highest BCUT2D eigenvalue weighted by molar-refractivity contribution is 9.10. The molecule has 0 spiro atoms. The van der Waals surface area contributed by atoms with Crippen molar-refractivity contribution in [2.24, 2.45) is 7.05 Å². The second-order valence-corrected chi connectivity index (χ2v) is 6.41. The molecule has 2 aromatic rings. The van der Waals surface area contributed by atoms with Crippen molar-refractivity contribution in [1.29, 1.82) is 0 Å². The summed E-state index contributed by atoms with van der Waals surface area (Å²) in [7, 11) is 1.92. The van der Waals surface area contributed by atoms with Gasteiger partial charge in [-0.05, 0) is 48.7 Å². The molecule has 1 aliphatic rings. The number of aromatic nitrogens is 3. The van der Waals surface area contributed by atoms with Gasteiger partial charge in [0.05, 0.1) is 5.69 Å². The van der Waals surface area contributed by atoms with Crippen LogP contribution in [0, 0.1) is 13.8 Å².